The zero-order chi connectivity index (χ0) is 10.8. The van der Waals surface area contributed by atoms with Gasteiger partial charge in [-0.2, -0.15) is 0 Å². The minimum absolute atomic E-state index is 0.125. The number of aliphatic hydroxyl groups excluding tert-OH is 2. The Hall–Kier alpha value is -1.38. The average Bonchev–Trinajstić information content (AvgIpc) is 2.29. The summed E-state index contributed by atoms with van der Waals surface area (Å²) in [4.78, 5) is 0. The van der Waals surface area contributed by atoms with Gasteiger partial charge in [-0.25, -0.2) is 0 Å². The van der Waals surface area contributed by atoms with Gasteiger partial charge in [-0.15, -0.1) is 0 Å². The Morgan fingerprint density at radius 3 is 1.50 bits per heavy atom. The zero-order valence-electron chi connectivity index (χ0n) is 8.19. The van der Waals surface area contributed by atoms with E-state index in [-0.39, 0.29) is 13.2 Å². The molecule has 1 rings (SSSR count). The summed E-state index contributed by atoms with van der Waals surface area (Å²) < 4.78 is 0. The topological polar surface area (TPSA) is 40.5 Å². The second-order valence-corrected chi connectivity index (χ2v) is 2.48. The Labute approximate surface area is 84.8 Å². The number of hydrogen-bond acceptors (Lipinski definition) is 2. The summed E-state index contributed by atoms with van der Waals surface area (Å²) in [7, 11) is 0. The summed E-state index contributed by atoms with van der Waals surface area (Å²) in [6.45, 7) is 7.13. The molecule has 0 aliphatic heterocycles. The smallest absolute Gasteiger partial charge is 0.0662 e. The Kier molecular flexibility index (Phi) is 7.42. The molecule has 1 aromatic rings. The van der Waals surface area contributed by atoms with Gasteiger partial charge >= 0.3 is 0 Å². The molecule has 14 heavy (non-hydrogen) atoms. The Balaban J connectivity index is 0.000000364. The fraction of sp³-hybridized carbons (Fsp3) is 0.167. The number of benzene rings is 1. The molecule has 0 aliphatic rings. The van der Waals surface area contributed by atoms with Crippen molar-refractivity contribution in [3.63, 3.8) is 0 Å². The van der Waals surface area contributed by atoms with Crippen LogP contribution < -0.4 is 0 Å². The van der Waals surface area contributed by atoms with Crippen LogP contribution in [0.15, 0.2) is 37.4 Å². The monoisotopic (exact) mass is 192 g/mol. The third-order valence-corrected chi connectivity index (χ3v) is 1.54. The van der Waals surface area contributed by atoms with E-state index in [1.807, 2.05) is 36.4 Å². The minimum atomic E-state index is -0.125. The molecule has 0 amide bonds. The van der Waals surface area contributed by atoms with Crippen molar-refractivity contribution in [2.45, 2.75) is 0 Å². The van der Waals surface area contributed by atoms with E-state index in [1.54, 1.807) is 0 Å². The van der Waals surface area contributed by atoms with Crippen LogP contribution in [-0.2, 0) is 0 Å². The maximum atomic E-state index is 7.62. The fourth-order valence-electron chi connectivity index (χ4n) is 0.883. The molecule has 0 aromatic heterocycles. The fourth-order valence-corrected chi connectivity index (χ4v) is 0.883. The molecule has 76 valence electrons. The lowest BCUT2D eigenvalue weighted by Gasteiger charge is -1.96. The van der Waals surface area contributed by atoms with Crippen LogP contribution >= 0.6 is 0 Å². The largest absolute Gasteiger partial charge is 0.394 e. The van der Waals surface area contributed by atoms with E-state index in [0.29, 0.717) is 0 Å². The molecule has 0 atom stereocenters. The molecule has 2 nitrogen and oxygen atoms in total. The van der Waals surface area contributed by atoms with Crippen LogP contribution in [0.3, 0.4) is 0 Å². The summed E-state index contributed by atoms with van der Waals surface area (Å²) in [5.41, 5.74) is 2.27. The highest BCUT2D eigenvalue weighted by atomic mass is 16.3. The van der Waals surface area contributed by atoms with E-state index >= 15 is 0 Å². The van der Waals surface area contributed by atoms with Gasteiger partial charge in [-0.1, -0.05) is 49.6 Å². The summed E-state index contributed by atoms with van der Waals surface area (Å²) in [6.07, 6.45) is 3.66. The van der Waals surface area contributed by atoms with Crippen LogP contribution in [0, 0.1) is 0 Å². The van der Waals surface area contributed by atoms with Crippen LogP contribution in [0.2, 0.25) is 0 Å². The number of hydrogen-bond donors (Lipinski definition) is 2. The van der Waals surface area contributed by atoms with Crippen LogP contribution in [0.5, 0.6) is 0 Å². The third-order valence-electron chi connectivity index (χ3n) is 1.54. The van der Waals surface area contributed by atoms with Crippen molar-refractivity contribution in [3.8, 4) is 0 Å². The molecule has 0 fully saturated rings. The summed E-state index contributed by atoms with van der Waals surface area (Å²) in [6, 6.07) is 8.02. The van der Waals surface area contributed by atoms with Gasteiger partial charge in [0, 0.05) is 0 Å². The lowest BCUT2D eigenvalue weighted by Crippen LogP contribution is -1.85. The van der Waals surface area contributed by atoms with Gasteiger partial charge in [0.2, 0.25) is 0 Å². The Morgan fingerprint density at radius 1 is 0.929 bits per heavy atom. The summed E-state index contributed by atoms with van der Waals surface area (Å²) in [5.74, 6) is 0. The van der Waals surface area contributed by atoms with Gasteiger partial charge in [0.05, 0.1) is 13.2 Å². The van der Waals surface area contributed by atoms with Gasteiger partial charge in [0.1, 0.15) is 0 Å². The van der Waals surface area contributed by atoms with Crippen molar-refractivity contribution in [2.75, 3.05) is 13.2 Å². The molecular formula is C12H16O2. The SMILES string of the molecule is C=Cc1ccccc1C=C.OCCO. The second-order valence-electron chi connectivity index (χ2n) is 2.48. The number of rotatable bonds is 3. The molecule has 0 heterocycles. The van der Waals surface area contributed by atoms with E-state index in [0.717, 1.165) is 11.1 Å². The maximum absolute atomic E-state index is 7.62. The first-order chi connectivity index (χ1) is 6.79. The van der Waals surface area contributed by atoms with Gasteiger partial charge in [-0.3, -0.25) is 0 Å². The average molecular weight is 192 g/mol. The Morgan fingerprint density at radius 2 is 1.29 bits per heavy atom. The maximum Gasteiger partial charge on any atom is 0.0662 e. The molecule has 1 aromatic carbocycles. The molecule has 0 spiro atoms. The van der Waals surface area contributed by atoms with Crippen molar-refractivity contribution in [3.05, 3.63) is 48.6 Å². The lowest BCUT2D eigenvalue weighted by molar-refractivity contribution is 0.186. The quantitative estimate of drug-likeness (QED) is 0.768. The Bertz CT molecular complexity index is 250. The van der Waals surface area contributed by atoms with Crippen molar-refractivity contribution >= 4 is 12.2 Å². The van der Waals surface area contributed by atoms with Gasteiger partial charge < -0.3 is 10.2 Å². The normalized spacial score (nSPS) is 8.43. The zero-order valence-corrected chi connectivity index (χ0v) is 8.19. The van der Waals surface area contributed by atoms with Crippen LogP contribution in [0.1, 0.15) is 11.1 Å². The first-order valence-corrected chi connectivity index (χ1v) is 4.35. The predicted molar refractivity (Wildman–Crippen MR) is 60.8 cm³/mol. The van der Waals surface area contributed by atoms with Crippen LogP contribution in [0.25, 0.3) is 12.2 Å². The van der Waals surface area contributed by atoms with Gasteiger partial charge in [0.25, 0.3) is 0 Å². The highest BCUT2D eigenvalue weighted by molar-refractivity contribution is 5.63. The van der Waals surface area contributed by atoms with Crippen molar-refractivity contribution in [1.82, 2.24) is 0 Å². The third kappa shape index (κ3) is 4.60. The van der Waals surface area contributed by atoms with Gasteiger partial charge in [0.15, 0.2) is 0 Å². The standard InChI is InChI=1S/C10H10.C2H6O2/c1-3-9-7-5-6-8-10(9)4-2;3-1-2-4/h3-8H,1-2H2;3-4H,1-2H2. The van der Waals surface area contributed by atoms with Crippen molar-refractivity contribution in [1.29, 1.82) is 0 Å². The van der Waals surface area contributed by atoms with E-state index in [4.69, 9.17) is 10.2 Å². The molecular weight excluding hydrogens is 176 g/mol. The molecule has 0 bridgehead atoms. The van der Waals surface area contributed by atoms with Crippen LogP contribution in [-0.4, -0.2) is 23.4 Å². The summed E-state index contributed by atoms with van der Waals surface area (Å²) >= 11 is 0. The van der Waals surface area contributed by atoms with Crippen molar-refractivity contribution < 1.29 is 10.2 Å². The van der Waals surface area contributed by atoms with Crippen molar-refractivity contribution in [2.24, 2.45) is 0 Å². The minimum Gasteiger partial charge on any atom is -0.394 e. The highest BCUT2D eigenvalue weighted by Crippen LogP contribution is 2.10. The van der Waals surface area contributed by atoms with Crippen LogP contribution in [0.4, 0.5) is 0 Å². The molecule has 0 radical (unpaired) electrons. The molecule has 2 heteroatoms. The van der Waals surface area contributed by atoms with E-state index in [9.17, 15) is 0 Å². The van der Waals surface area contributed by atoms with E-state index in [1.165, 1.54) is 0 Å². The van der Waals surface area contributed by atoms with E-state index < -0.39 is 0 Å². The second kappa shape index (κ2) is 8.23. The summed E-state index contributed by atoms with van der Waals surface area (Å²) in [5, 5.41) is 15.2. The molecule has 0 unspecified atom stereocenters. The first kappa shape index (κ1) is 12.6. The first-order valence-electron chi connectivity index (χ1n) is 4.35. The lowest BCUT2D eigenvalue weighted by atomic mass is 10.1. The highest BCUT2D eigenvalue weighted by Gasteiger charge is 1.89. The predicted octanol–water partition coefficient (Wildman–Crippen LogP) is 1.94. The molecule has 0 saturated heterocycles. The van der Waals surface area contributed by atoms with E-state index in [2.05, 4.69) is 13.2 Å². The molecule has 0 aliphatic carbocycles. The molecule has 0 saturated carbocycles. The number of aliphatic hydroxyl groups is 2. The van der Waals surface area contributed by atoms with Gasteiger partial charge in [-0.05, 0) is 11.1 Å². The molecule has 2 N–H and O–H groups in total.